The molecule has 1 aromatic carbocycles. The molecule has 0 amide bonds. The van der Waals surface area contributed by atoms with Crippen LogP contribution in [-0.4, -0.2) is 37.3 Å². The minimum absolute atomic E-state index is 0.290. The highest BCUT2D eigenvalue weighted by Gasteiger charge is 2.37. The van der Waals surface area contributed by atoms with E-state index in [2.05, 4.69) is 9.47 Å². The lowest BCUT2D eigenvalue weighted by Crippen LogP contribution is -2.31. The summed E-state index contributed by atoms with van der Waals surface area (Å²) in [6.45, 7) is 9.69. The average molecular weight is 550 g/mol. The molecular weight excluding hydrogens is 517 g/mol. The van der Waals surface area contributed by atoms with Gasteiger partial charge in [-0.25, -0.2) is 22.0 Å². The molecule has 36 heavy (non-hydrogen) atoms. The Hall–Kier alpha value is -1.63. The molecule has 1 rings (SSSR count). The molecule has 0 aliphatic rings. The second kappa shape index (κ2) is 16.3. The highest BCUT2D eigenvalue weighted by molar-refractivity contribution is 5.26. The summed E-state index contributed by atoms with van der Waals surface area (Å²) >= 11 is 0. The van der Waals surface area contributed by atoms with Crippen molar-refractivity contribution in [2.45, 2.75) is 104 Å². The minimum Gasteiger partial charge on any atom is -0.369 e. The first-order valence-electron chi connectivity index (χ1n) is 11.2. The van der Waals surface area contributed by atoms with Gasteiger partial charge in [0.25, 0.3) is 0 Å². The van der Waals surface area contributed by atoms with Crippen LogP contribution >= 0.6 is 0 Å². The molecule has 2 nitrogen and oxygen atoms in total. The van der Waals surface area contributed by atoms with Crippen molar-refractivity contribution in [2.75, 3.05) is 6.61 Å². The molecule has 0 aromatic heterocycles. The Bertz CT molecular complexity index is 735. The predicted octanol–water partition coefficient (Wildman–Crippen LogP) is 9.01. The van der Waals surface area contributed by atoms with Crippen LogP contribution < -0.4 is 0 Å². The second-order valence-corrected chi connectivity index (χ2v) is 7.98. The normalized spacial score (nSPS) is 15.2. The Kier molecular flexibility index (Phi) is 16.5. The molecule has 0 aliphatic carbocycles. The number of benzene rings is 1. The lowest BCUT2D eigenvalue weighted by atomic mass is 9.97. The van der Waals surface area contributed by atoms with Crippen molar-refractivity contribution in [1.29, 1.82) is 0 Å². The van der Waals surface area contributed by atoms with Crippen LogP contribution in [0, 0.1) is 29.1 Å². The number of hydrogen-bond donors (Lipinski definition) is 0. The fourth-order valence-electron chi connectivity index (χ4n) is 2.14. The van der Waals surface area contributed by atoms with Crippen molar-refractivity contribution in [2.24, 2.45) is 0 Å². The van der Waals surface area contributed by atoms with Crippen LogP contribution in [0.25, 0.3) is 0 Å². The van der Waals surface area contributed by atoms with Gasteiger partial charge in [0.15, 0.2) is 29.4 Å². The van der Waals surface area contributed by atoms with Crippen molar-refractivity contribution in [3.05, 3.63) is 34.6 Å². The second-order valence-electron chi connectivity index (χ2n) is 7.98. The van der Waals surface area contributed by atoms with Gasteiger partial charge < -0.3 is 9.47 Å². The summed E-state index contributed by atoms with van der Waals surface area (Å²) in [7, 11) is 0. The van der Waals surface area contributed by atoms with Crippen molar-refractivity contribution in [1.82, 2.24) is 0 Å². The van der Waals surface area contributed by atoms with E-state index in [0.29, 0.717) is 19.3 Å². The van der Waals surface area contributed by atoms with Crippen molar-refractivity contribution in [3.63, 3.8) is 0 Å². The zero-order chi connectivity index (χ0) is 29.0. The Labute approximate surface area is 204 Å². The van der Waals surface area contributed by atoms with E-state index >= 15 is 0 Å². The molecule has 0 bridgehead atoms. The maximum Gasteiger partial charge on any atom is 0.414 e. The molecule has 0 N–H and O–H groups in total. The summed E-state index contributed by atoms with van der Waals surface area (Å²) in [4.78, 5) is 0. The molecule has 0 radical (unpaired) electrons. The zero-order valence-corrected chi connectivity index (χ0v) is 21.1. The maximum atomic E-state index is 13.1. The van der Waals surface area contributed by atoms with Crippen LogP contribution in [0.4, 0.5) is 48.3 Å². The highest BCUT2D eigenvalue weighted by atomic mass is 19.4. The topological polar surface area (TPSA) is 18.5 Å². The van der Waals surface area contributed by atoms with E-state index in [4.69, 9.17) is 0 Å². The molecular formula is C23H33F11O2. The van der Waals surface area contributed by atoms with E-state index in [-0.39, 0.29) is 12.2 Å². The van der Waals surface area contributed by atoms with Crippen LogP contribution in [0.15, 0.2) is 0 Å². The van der Waals surface area contributed by atoms with E-state index in [9.17, 15) is 48.3 Å². The minimum atomic E-state index is -4.23. The van der Waals surface area contributed by atoms with Gasteiger partial charge in [0.2, 0.25) is 5.82 Å². The molecule has 13 heteroatoms. The summed E-state index contributed by atoms with van der Waals surface area (Å²) < 4.78 is 143. The van der Waals surface area contributed by atoms with Gasteiger partial charge in [-0.05, 0) is 46.0 Å². The van der Waals surface area contributed by atoms with E-state index in [1.807, 2.05) is 0 Å². The van der Waals surface area contributed by atoms with Gasteiger partial charge in [0.05, 0.1) is 12.2 Å². The van der Waals surface area contributed by atoms with Gasteiger partial charge in [-0.15, -0.1) is 0 Å². The molecule has 0 saturated heterocycles. The van der Waals surface area contributed by atoms with Crippen molar-refractivity contribution < 1.29 is 57.8 Å². The number of alkyl halides is 6. The average Bonchev–Trinajstić information content (AvgIpc) is 2.79. The summed E-state index contributed by atoms with van der Waals surface area (Å²) in [5.74, 6) is -10.1. The first kappa shape index (κ1) is 36.5. The zero-order valence-electron chi connectivity index (χ0n) is 21.1. The fraction of sp³-hybridized carbons (Fsp3) is 0.739. The summed E-state index contributed by atoms with van der Waals surface area (Å²) in [6.07, 6.45) is -9.22. The molecule has 0 fully saturated rings. The number of halogens is 11. The summed E-state index contributed by atoms with van der Waals surface area (Å²) in [5.41, 5.74) is -0.742. The largest absolute Gasteiger partial charge is 0.414 e. The fourth-order valence-corrected chi connectivity index (χ4v) is 2.14. The molecule has 4 unspecified atom stereocenters. The molecule has 0 aliphatic heterocycles. The van der Waals surface area contributed by atoms with Crippen LogP contribution in [-0.2, 0) is 9.47 Å². The van der Waals surface area contributed by atoms with Crippen LogP contribution in [0.5, 0.6) is 0 Å². The first-order valence-corrected chi connectivity index (χ1v) is 11.2. The lowest BCUT2D eigenvalue weighted by molar-refractivity contribution is -0.225. The lowest BCUT2D eigenvalue weighted by Gasteiger charge is -2.20. The Morgan fingerprint density at radius 1 is 0.611 bits per heavy atom. The third-order valence-electron chi connectivity index (χ3n) is 4.93. The monoisotopic (exact) mass is 550 g/mol. The van der Waals surface area contributed by atoms with E-state index < -0.39 is 65.6 Å². The Morgan fingerprint density at radius 2 is 1.00 bits per heavy atom. The van der Waals surface area contributed by atoms with Crippen molar-refractivity contribution in [3.8, 4) is 0 Å². The van der Waals surface area contributed by atoms with Crippen molar-refractivity contribution >= 4 is 0 Å². The van der Waals surface area contributed by atoms with Crippen LogP contribution in [0.2, 0.25) is 0 Å². The van der Waals surface area contributed by atoms with Crippen LogP contribution in [0.3, 0.4) is 0 Å². The summed E-state index contributed by atoms with van der Waals surface area (Å²) in [5, 5.41) is 0. The van der Waals surface area contributed by atoms with E-state index in [0.717, 1.165) is 6.92 Å². The van der Waals surface area contributed by atoms with E-state index in [1.54, 1.807) is 34.6 Å². The molecule has 4 atom stereocenters. The third-order valence-corrected chi connectivity index (χ3v) is 4.93. The molecule has 1 aromatic rings. The highest BCUT2D eigenvalue weighted by Crippen LogP contribution is 2.30. The van der Waals surface area contributed by atoms with Gasteiger partial charge in [-0.3, -0.25) is 0 Å². The number of rotatable bonds is 8. The third kappa shape index (κ3) is 13.6. The Morgan fingerprint density at radius 3 is 1.31 bits per heavy atom. The standard InChI is InChI=1S/C10H9F5.C7H13F3O.C6H11F3O/c1-3-4(2)5-6(11)8(13)10(15)9(14)7(5)12;1-4-5(2)11-6(3)7(8,9)10;1-3-5(2)10-4-6(7,8)9/h4H,3H2,1-2H3;5-6H,4H2,1-3H3;5H,3-4H2,1-2H3. The molecule has 0 spiro atoms. The maximum absolute atomic E-state index is 13.1. The van der Waals surface area contributed by atoms with Gasteiger partial charge in [-0.1, -0.05) is 27.7 Å². The number of ether oxygens (including phenoxy) is 2. The quantitative estimate of drug-likeness (QED) is 0.183. The molecule has 214 valence electrons. The molecule has 0 saturated carbocycles. The van der Waals surface area contributed by atoms with Gasteiger partial charge >= 0.3 is 12.4 Å². The van der Waals surface area contributed by atoms with Gasteiger partial charge in [-0.2, -0.15) is 26.3 Å². The van der Waals surface area contributed by atoms with Gasteiger partial charge in [0.1, 0.15) is 6.61 Å². The first-order chi connectivity index (χ1) is 16.2. The molecule has 0 heterocycles. The Balaban J connectivity index is 0. The van der Waals surface area contributed by atoms with Gasteiger partial charge in [0, 0.05) is 5.56 Å². The number of hydrogen-bond acceptors (Lipinski definition) is 2. The smallest absolute Gasteiger partial charge is 0.369 e. The summed E-state index contributed by atoms with van der Waals surface area (Å²) in [6, 6.07) is 0. The van der Waals surface area contributed by atoms with Crippen LogP contribution in [0.1, 0.15) is 79.2 Å². The SMILES string of the molecule is CCC(C)OC(C)C(F)(F)F.CCC(C)OCC(F)(F)F.CCC(C)c1c(F)c(F)c(F)c(F)c1F. The predicted molar refractivity (Wildman–Crippen MR) is 113 cm³/mol. The van der Waals surface area contributed by atoms with E-state index in [1.165, 1.54) is 6.92 Å².